The molecule has 0 radical (unpaired) electrons. The maximum Gasteiger partial charge on any atom is 0.178 e. The fourth-order valence-corrected chi connectivity index (χ4v) is 3.86. The molecule has 2 unspecified atom stereocenters. The lowest BCUT2D eigenvalue weighted by Gasteiger charge is -2.11. The SMILES string of the molecule is Cc1c(-c2cc(Cl)c3cnc(C4CC4C#N)cc3c2)cnc2nccnc12. The number of rotatable bonds is 2. The Bertz CT molecular complexity index is 1260. The fourth-order valence-electron chi connectivity index (χ4n) is 3.58. The first-order valence-corrected chi connectivity index (χ1v) is 9.09. The number of fused-ring (bicyclic) bond motifs is 2. The maximum atomic E-state index is 9.09. The van der Waals surface area contributed by atoms with Crippen molar-refractivity contribution in [2.24, 2.45) is 5.92 Å². The predicted octanol–water partition coefficient (Wildman–Crippen LogP) is 4.83. The van der Waals surface area contributed by atoms with Crippen molar-refractivity contribution in [3.63, 3.8) is 0 Å². The zero-order chi connectivity index (χ0) is 18.5. The Labute approximate surface area is 160 Å². The van der Waals surface area contributed by atoms with Crippen LogP contribution in [0.2, 0.25) is 5.02 Å². The number of pyridine rings is 2. The third-order valence-corrected chi connectivity index (χ3v) is 5.52. The van der Waals surface area contributed by atoms with Gasteiger partial charge in [0, 0.05) is 47.3 Å². The van der Waals surface area contributed by atoms with E-state index >= 15 is 0 Å². The third-order valence-electron chi connectivity index (χ3n) is 5.21. The molecule has 27 heavy (non-hydrogen) atoms. The van der Waals surface area contributed by atoms with Crippen LogP contribution in [0.3, 0.4) is 0 Å². The molecule has 0 saturated heterocycles. The zero-order valence-corrected chi connectivity index (χ0v) is 15.3. The lowest BCUT2D eigenvalue weighted by molar-refractivity contribution is 0.967. The molecule has 0 N–H and O–H groups in total. The van der Waals surface area contributed by atoms with Crippen LogP contribution in [-0.2, 0) is 0 Å². The monoisotopic (exact) mass is 371 g/mol. The van der Waals surface area contributed by atoms with Crippen LogP contribution in [0.25, 0.3) is 33.1 Å². The van der Waals surface area contributed by atoms with Crippen LogP contribution in [0.15, 0.2) is 43.0 Å². The highest BCUT2D eigenvalue weighted by Gasteiger charge is 2.39. The minimum Gasteiger partial charge on any atom is -0.260 e. The van der Waals surface area contributed by atoms with E-state index in [1.165, 1.54) is 0 Å². The third kappa shape index (κ3) is 2.61. The van der Waals surface area contributed by atoms with Crippen LogP contribution in [0.4, 0.5) is 0 Å². The van der Waals surface area contributed by atoms with E-state index in [-0.39, 0.29) is 11.8 Å². The molecule has 5 nitrogen and oxygen atoms in total. The van der Waals surface area contributed by atoms with Gasteiger partial charge in [-0.25, -0.2) is 9.97 Å². The van der Waals surface area contributed by atoms with Crippen molar-refractivity contribution in [3.05, 3.63) is 59.3 Å². The molecule has 0 amide bonds. The first kappa shape index (κ1) is 16.1. The van der Waals surface area contributed by atoms with Crippen LogP contribution in [0.5, 0.6) is 0 Å². The average molecular weight is 372 g/mol. The van der Waals surface area contributed by atoms with Gasteiger partial charge in [-0.05, 0) is 48.1 Å². The number of aryl methyl sites for hydroxylation is 1. The van der Waals surface area contributed by atoms with Crippen molar-refractivity contribution in [3.8, 4) is 17.2 Å². The fraction of sp³-hybridized carbons (Fsp3) is 0.190. The van der Waals surface area contributed by atoms with Gasteiger partial charge in [0.05, 0.1) is 17.0 Å². The highest BCUT2D eigenvalue weighted by atomic mass is 35.5. The van der Waals surface area contributed by atoms with Crippen molar-refractivity contribution < 1.29 is 0 Å². The molecule has 3 heterocycles. The summed E-state index contributed by atoms with van der Waals surface area (Å²) in [4.78, 5) is 17.6. The molecule has 5 rings (SSSR count). The van der Waals surface area contributed by atoms with E-state index in [4.69, 9.17) is 16.9 Å². The Morgan fingerprint density at radius 1 is 1.07 bits per heavy atom. The molecule has 2 atom stereocenters. The molecule has 1 fully saturated rings. The van der Waals surface area contributed by atoms with Gasteiger partial charge in [-0.2, -0.15) is 5.26 Å². The van der Waals surface area contributed by atoms with Gasteiger partial charge in [0.1, 0.15) is 5.52 Å². The number of aromatic nitrogens is 4. The second kappa shape index (κ2) is 5.97. The van der Waals surface area contributed by atoms with Crippen LogP contribution >= 0.6 is 11.6 Å². The van der Waals surface area contributed by atoms with Crippen LogP contribution in [0, 0.1) is 24.2 Å². The molecule has 1 aliphatic carbocycles. The largest absolute Gasteiger partial charge is 0.260 e. The van der Waals surface area contributed by atoms with E-state index in [1.54, 1.807) is 18.6 Å². The molecule has 4 aromatic rings. The summed E-state index contributed by atoms with van der Waals surface area (Å²) in [6.45, 7) is 2.02. The van der Waals surface area contributed by atoms with Gasteiger partial charge < -0.3 is 0 Å². The summed E-state index contributed by atoms with van der Waals surface area (Å²) in [6, 6.07) is 8.41. The Hall–Kier alpha value is -3.10. The molecule has 1 aromatic carbocycles. The summed E-state index contributed by atoms with van der Waals surface area (Å²) in [5.74, 6) is 0.320. The lowest BCUT2D eigenvalue weighted by atomic mass is 9.98. The lowest BCUT2D eigenvalue weighted by Crippen LogP contribution is -1.94. The highest BCUT2D eigenvalue weighted by Crippen LogP contribution is 2.47. The molecule has 0 bridgehead atoms. The Morgan fingerprint density at radius 3 is 2.74 bits per heavy atom. The van der Waals surface area contributed by atoms with Gasteiger partial charge in [-0.15, -0.1) is 0 Å². The minimum atomic E-state index is 0.0825. The smallest absolute Gasteiger partial charge is 0.178 e. The summed E-state index contributed by atoms with van der Waals surface area (Å²) in [7, 11) is 0. The molecule has 3 aromatic heterocycles. The van der Waals surface area contributed by atoms with E-state index in [9.17, 15) is 0 Å². The van der Waals surface area contributed by atoms with E-state index in [1.807, 2.05) is 19.2 Å². The van der Waals surface area contributed by atoms with Crippen molar-refractivity contribution in [2.75, 3.05) is 0 Å². The maximum absolute atomic E-state index is 9.09. The van der Waals surface area contributed by atoms with Crippen molar-refractivity contribution >= 4 is 33.5 Å². The molecule has 1 aliphatic rings. The van der Waals surface area contributed by atoms with Gasteiger partial charge in [0.25, 0.3) is 0 Å². The number of nitrogens with zero attached hydrogens (tertiary/aromatic N) is 5. The van der Waals surface area contributed by atoms with Crippen molar-refractivity contribution in [2.45, 2.75) is 19.3 Å². The van der Waals surface area contributed by atoms with Gasteiger partial charge >= 0.3 is 0 Å². The summed E-state index contributed by atoms with van der Waals surface area (Å²) in [5.41, 5.74) is 5.36. The number of nitriles is 1. The number of hydrogen-bond donors (Lipinski definition) is 0. The quantitative estimate of drug-likeness (QED) is 0.504. The van der Waals surface area contributed by atoms with E-state index in [0.29, 0.717) is 10.7 Å². The predicted molar refractivity (Wildman–Crippen MR) is 104 cm³/mol. The van der Waals surface area contributed by atoms with Crippen LogP contribution in [-0.4, -0.2) is 19.9 Å². The molecule has 6 heteroatoms. The molecular formula is C21H14ClN5. The first-order valence-electron chi connectivity index (χ1n) is 8.71. The normalized spacial score (nSPS) is 18.6. The zero-order valence-electron chi connectivity index (χ0n) is 14.5. The number of hydrogen-bond acceptors (Lipinski definition) is 5. The molecular weight excluding hydrogens is 358 g/mol. The second-order valence-corrected chi connectivity index (χ2v) is 7.30. The van der Waals surface area contributed by atoms with Gasteiger partial charge in [0.2, 0.25) is 0 Å². The van der Waals surface area contributed by atoms with Gasteiger partial charge in [0.15, 0.2) is 5.65 Å². The Morgan fingerprint density at radius 2 is 1.93 bits per heavy atom. The van der Waals surface area contributed by atoms with Crippen molar-refractivity contribution in [1.82, 2.24) is 19.9 Å². The van der Waals surface area contributed by atoms with Gasteiger partial charge in [-0.1, -0.05) is 11.6 Å². The van der Waals surface area contributed by atoms with Crippen molar-refractivity contribution in [1.29, 1.82) is 5.26 Å². The number of halogens is 1. The topological polar surface area (TPSA) is 75.3 Å². The Kier molecular flexibility index (Phi) is 3.56. The molecule has 0 aliphatic heterocycles. The average Bonchev–Trinajstić information content (AvgIpc) is 3.48. The summed E-state index contributed by atoms with van der Waals surface area (Å²) >= 11 is 6.55. The van der Waals surface area contributed by atoms with E-state index in [2.05, 4.69) is 38.1 Å². The molecule has 130 valence electrons. The Balaban J connectivity index is 1.67. The molecule has 1 saturated carbocycles. The summed E-state index contributed by atoms with van der Waals surface area (Å²) in [5, 5.41) is 11.7. The first-order chi connectivity index (χ1) is 13.2. The van der Waals surface area contributed by atoms with Crippen LogP contribution < -0.4 is 0 Å². The standard InChI is InChI=1S/C21H14ClN5/c1-11-16(9-27-21-20(11)24-2-3-25-21)12-4-13-7-19(15-5-14(15)8-23)26-10-17(13)18(22)6-12/h2-4,6-7,9-10,14-15H,5H2,1H3. The minimum absolute atomic E-state index is 0.0825. The highest BCUT2D eigenvalue weighted by molar-refractivity contribution is 6.35. The summed E-state index contributed by atoms with van der Waals surface area (Å²) < 4.78 is 0. The van der Waals surface area contributed by atoms with E-state index < -0.39 is 0 Å². The van der Waals surface area contributed by atoms with Crippen LogP contribution in [0.1, 0.15) is 23.6 Å². The number of benzene rings is 1. The summed E-state index contributed by atoms with van der Waals surface area (Å²) in [6.07, 6.45) is 7.82. The molecule has 0 spiro atoms. The van der Waals surface area contributed by atoms with Gasteiger partial charge in [-0.3, -0.25) is 9.97 Å². The second-order valence-electron chi connectivity index (χ2n) is 6.89. The van der Waals surface area contributed by atoms with E-state index in [0.717, 1.165) is 45.1 Å².